The van der Waals surface area contributed by atoms with Gasteiger partial charge in [-0.15, -0.1) is 11.6 Å². The molecular weight excluding hydrogens is 302 g/mol. The van der Waals surface area contributed by atoms with Crippen molar-refractivity contribution in [3.63, 3.8) is 0 Å². The summed E-state index contributed by atoms with van der Waals surface area (Å²) in [5.41, 5.74) is 2.48. The van der Waals surface area contributed by atoms with Crippen LogP contribution in [0.5, 0.6) is 0 Å². The Bertz CT molecular complexity index is 751. The number of alkyl halides is 1. The number of para-hydroxylation sites is 1. The van der Waals surface area contributed by atoms with Gasteiger partial charge < -0.3 is 9.73 Å². The number of carbonyl (C=O) groups excluding carboxylic acids is 1. The fraction of sp³-hybridized carbons (Fsp3) is 0.125. The van der Waals surface area contributed by atoms with E-state index in [9.17, 15) is 4.79 Å². The monoisotopic (exact) mass is 315 g/mol. The fourth-order valence-electron chi connectivity index (χ4n) is 2.12. The van der Waals surface area contributed by atoms with Crippen molar-refractivity contribution in [3.05, 3.63) is 60.5 Å². The summed E-state index contributed by atoms with van der Waals surface area (Å²) in [6, 6.07) is 15.3. The van der Waals surface area contributed by atoms with E-state index >= 15 is 0 Å². The van der Waals surface area contributed by atoms with Crippen LogP contribution in [0.4, 0.5) is 0 Å². The molecule has 22 heavy (non-hydrogen) atoms. The van der Waals surface area contributed by atoms with E-state index in [1.165, 1.54) is 0 Å². The molecule has 0 unspecified atom stereocenters. The van der Waals surface area contributed by atoms with Gasteiger partial charge in [-0.05, 0) is 30.3 Å². The predicted octanol–water partition coefficient (Wildman–Crippen LogP) is 2.99. The second kappa shape index (κ2) is 6.49. The molecule has 0 atom stereocenters. The van der Waals surface area contributed by atoms with E-state index in [1.54, 1.807) is 10.9 Å². The number of nitrogens with one attached hydrogen (secondary N) is 1. The van der Waals surface area contributed by atoms with E-state index in [0.29, 0.717) is 12.3 Å². The van der Waals surface area contributed by atoms with E-state index in [0.717, 1.165) is 17.1 Å². The zero-order chi connectivity index (χ0) is 15.4. The molecule has 0 aliphatic rings. The third kappa shape index (κ3) is 3.04. The van der Waals surface area contributed by atoms with Gasteiger partial charge in [-0.2, -0.15) is 5.10 Å². The van der Waals surface area contributed by atoms with Crippen molar-refractivity contribution in [2.24, 2.45) is 0 Å². The highest BCUT2D eigenvalue weighted by Crippen LogP contribution is 2.24. The smallest absolute Gasteiger partial charge is 0.235 e. The van der Waals surface area contributed by atoms with Gasteiger partial charge in [0, 0.05) is 0 Å². The van der Waals surface area contributed by atoms with Gasteiger partial charge in [0.2, 0.25) is 5.91 Å². The van der Waals surface area contributed by atoms with Crippen molar-refractivity contribution < 1.29 is 9.21 Å². The van der Waals surface area contributed by atoms with Gasteiger partial charge in [0.05, 0.1) is 24.2 Å². The molecule has 2 aromatic heterocycles. The zero-order valence-electron chi connectivity index (χ0n) is 11.7. The summed E-state index contributed by atoms with van der Waals surface area (Å²) in [6.07, 6.45) is 1.62. The summed E-state index contributed by atoms with van der Waals surface area (Å²) in [5, 5.41) is 7.25. The Morgan fingerprint density at radius 2 is 2.05 bits per heavy atom. The second-order valence-electron chi connectivity index (χ2n) is 4.66. The molecule has 0 fully saturated rings. The largest absolute Gasteiger partial charge is 0.463 e. The summed E-state index contributed by atoms with van der Waals surface area (Å²) in [5.74, 6) is 0.423. The number of aromatic nitrogens is 2. The lowest BCUT2D eigenvalue weighted by atomic mass is 10.2. The highest BCUT2D eigenvalue weighted by Gasteiger charge is 2.14. The molecule has 6 heteroatoms. The molecule has 112 valence electrons. The molecular formula is C16H14ClN3O2. The summed E-state index contributed by atoms with van der Waals surface area (Å²) in [4.78, 5) is 11.3. The van der Waals surface area contributed by atoms with Gasteiger partial charge in [-0.25, -0.2) is 4.68 Å². The molecule has 3 aromatic rings. The molecule has 0 aliphatic heterocycles. The van der Waals surface area contributed by atoms with Gasteiger partial charge >= 0.3 is 0 Å². The van der Waals surface area contributed by atoms with Crippen molar-refractivity contribution in [2.45, 2.75) is 6.54 Å². The lowest BCUT2D eigenvalue weighted by Crippen LogP contribution is -2.23. The van der Waals surface area contributed by atoms with E-state index in [-0.39, 0.29) is 11.8 Å². The Labute approximate surface area is 132 Å². The van der Waals surface area contributed by atoms with Gasteiger partial charge in [0.25, 0.3) is 0 Å². The van der Waals surface area contributed by atoms with Crippen LogP contribution in [0.1, 0.15) is 5.69 Å². The quantitative estimate of drug-likeness (QED) is 0.736. The Morgan fingerprint density at radius 1 is 1.23 bits per heavy atom. The van der Waals surface area contributed by atoms with Crippen LogP contribution in [0.2, 0.25) is 0 Å². The normalized spacial score (nSPS) is 10.6. The predicted molar refractivity (Wildman–Crippen MR) is 83.8 cm³/mol. The molecule has 0 spiro atoms. The molecule has 2 heterocycles. The van der Waals surface area contributed by atoms with Crippen molar-refractivity contribution in [3.8, 4) is 17.1 Å². The summed E-state index contributed by atoms with van der Waals surface area (Å²) in [7, 11) is 0. The molecule has 5 nitrogen and oxygen atoms in total. The van der Waals surface area contributed by atoms with Crippen LogP contribution in [0.3, 0.4) is 0 Å². The minimum atomic E-state index is -0.226. The van der Waals surface area contributed by atoms with Crippen LogP contribution in [-0.4, -0.2) is 21.6 Å². The van der Waals surface area contributed by atoms with Gasteiger partial charge in [0.15, 0.2) is 5.76 Å². The average Bonchev–Trinajstić information content (AvgIpc) is 3.22. The van der Waals surface area contributed by atoms with Crippen molar-refractivity contribution >= 4 is 17.5 Å². The van der Waals surface area contributed by atoms with Crippen LogP contribution in [0.25, 0.3) is 17.1 Å². The standard InChI is InChI=1S/C16H14ClN3O2/c17-10-16(21)18-11-12-9-14(15-7-4-8-22-15)20(19-12)13-5-2-1-3-6-13/h1-9H,10-11H2,(H,18,21). The minimum Gasteiger partial charge on any atom is -0.463 e. The van der Waals surface area contributed by atoms with E-state index in [4.69, 9.17) is 16.0 Å². The number of hydrogen-bond acceptors (Lipinski definition) is 3. The minimum absolute atomic E-state index is 0.0650. The maximum absolute atomic E-state index is 11.3. The highest BCUT2D eigenvalue weighted by molar-refractivity contribution is 6.27. The molecule has 0 aliphatic carbocycles. The number of carbonyl (C=O) groups is 1. The Kier molecular flexibility index (Phi) is 4.25. The first-order chi connectivity index (χ1) is 10.8. The van der Waals surface area contributed by atoms with Crippen molar-refractivity contribution in [1.82, 2.24) is 15.1 Å². The van der Waals surface area contributed by atoms with Gasteiger partial charge in [0.1, 0.15) is 11.6 Å². The van der Waals surface area contributed by atoms with Gasteiger partial charge in [-0.1, -0.05) is 18.2 Å². The van der Waals surface area contributed by atoms with Crippen molar-refractivity contribution in [2.75, 3.05) is 5.88 Å². The van der Waals surface area contributed by atoms with Crippen LogP contribution >= 0.6 is 11.6 Å². The third-order valence-electron chi connectivity index (χ3n) is 3.12. The first kappa shape index (κ1) is 14.4. The Hall–Kier alpha value is -2.53. The molecule has 0 radical (unpaired) electrons. The molecule has 1 N–H and O–H groups in total. The van der Waals surface area contributed by atoms with Crippen LogP contribution in [0, 0.1) is 0 Å². The Balaban J connectivity index is 1.96. The summed E-state index contributed by atoms with van der Waals surface area (Å²) >= 11 is 5.48. The molecule has 1 aromatic carbocycles. The third-order valence-corrected chi connectivity index (χ3v) is 3.37. The molecule has 0 saturated carbocycles. The van der Waals surface area contributed by atoms with E-state index < -0.39 is 0 Å². The molecule has 3 rings (SSSR count). The fourth-order valence-corrected chi connectivity index (χ4v) is 2.21. The molecule has 0 bridgehead atoms. The number of halogens is 1. The zero-order valence-corrected chi connectivity index (χ0v) is 12.5. The van der Waals surface area contributed by atoms with Crippen LogP contribution in [0.15, 0.2) is 59.2 Å². The first-order valence-corrected chi connectivity index (χ1v) is 7.32. The lowest BCUT2D eigenvalue weighted by molar-refractivity contribution is -0.118. The molecule has 0 saturated heterocycles. The number of nitrogens with zero attached hydrogens (tertiary/aromatic N) is 2. The average molecular weight is 316 g/mol. The Morgan fingerprint density at radius 3 is 2.73 bits per heavy atom. The second-order valence-corrected chi connectivity index (χ2v) is 4.92. The summed E-state index contributed by atoms with van der Waals surface area (Å²) < 4.78 is 7.27. The SMILES string of the molecule is O=C(CCl)NCc1cc(-c2ccco2)n(-c2ccccc2)n1. The lowest BCUT2D eigenvalue weighted by Gasteiger charge is -2.05. The number of benzene rings is 1. The number of furan rings is 1. The van der Waals surface area contributed by atoms with Gasteiger partial charge in [-0.3, -0.25) is 4.79 Å². The van der Waals surface area contributed by atoms with E-state index in [2.05, 4.69) is 10.4 Å². The van der Waals surface area contributed by atoms with Crippen LogP contribution in [-0.2, 0) is 11.3 Å². The first-order valence-electron chi connectivity index (χ1n) is 6.79. The maximum Gasteiger partial charge on any atom is 0.235 e. The van der Waals surface area contributed by atoms with E-state index in [1.807, 2.05) is 48.5 Å². The summed E-state index contributed by atoms with van der Waals surface area (Å²) in [6.45, 7) is 0.319. The topological polar surface area (TPSA) is 60.1 Å². The highest BCUT2D eigenvalue weighted by atomic mass is 35.5. The van der Waals surface area contributed by atoms with Crippen LogP contribution < -0.4 is 5.32 Å². The number of amides is 1. The molecule has 1 amide bonds. The number of rotatable bonds is 5. The maximum atomic E-state index is 11.3. The number of hydrogen-bond donors (Lipinski definition) is 1. The van der Waals surface area contributed by atoms with Crippen molar-refractivity contribution in [1.29, 1.82) is 0 Å².